The predicted molar refractivity (Wildman–Crippen MR) is 102 cm³/mol. The molecule has 0 bridgehead atoms. The zero-order valence-corrected chi connectivity index (χ0v) is 16.7. The molecule has 4 heterocycles. The molecule has 0 saturated carbocycles. The second kappa shape index (κ2) is 7.73. The fraction of sp³-hybridized carbons (Fsp3) is 0.500. The number of carbonyl (C=O) groups excluding carboxylic acids is 1. The summed E-state index contributed by atoms with van der Waals surface area (Å²) < 4.78 is 47.5. The van der Waals surface area contributed by atoms with Crippen molar-refractivity contribution in [2.45, 2.75) is 51.7 Å². The Bertz CT molecular complexity index is 1060. The molecule has 1 fully saturated rings. The van der Waals surface area contributed by atoms with E-state index in [1.165, 1.54) is 6.92 Å². The van der Waals surface area contributed by atoms with Gasteiger partial charge in [0.05, 0.1) is 22.3 Å². The van der Waals surface area contributed by atoms with E-state index in [4.69, 9.17) is 4.52 Å². The van der Waals surface area contributed by atoms with Crippen LogP contribution in [0.2, 0.25) is 0 Å². The second-order valence-corrected chi connectivity index (χ2v) is 7.68. The van der Waals surface area contributed by atoms with Gasteiger partial charge in [-0.2, -0.15) is 18.3 Å². The number of halogens is 3. The Hall–Kier alpha value is -2.91. The van der Waals surface area contributed by atoms with Gasteiger partial charge in [-0.15, -0.1) is 0 Å². The molecule has 160 valence electrons. The molecule has 4 rings (SSSR count). The van der Waals surface area contributed by atoms with Gasteiger partial charge in [0.2, 0.25) is 5.91 Å². The molecular weight excluding hydrogens is 399 g/mol. The third-order valence-corrected chi connectivity index (χ3v) is 5.47. The van der Waals surface area contributed by atoms with Gasteiger partial charge in [-0.25, -0.2) is 4.98 Å². The highest BCUT2D eigenvalue weighted by molar-refractivity contribution is 5.82. The minimum Gasteiger partial charge on any atom is -0.343 e. The summed E-state index contributed by atoms with van der Waals surface area (Å²) in [5.41, 5.74) is 0.542. The van der Waals surface area contributed by atoms with Gasteiger partial charge in [0.1, 0.15) is 0 Å². The van der Waals surface area contributed by atoms with E-state index in [-0.39, 0.29) is 34.3 Å². The van der Waals surface area contributed by atoms with E-state index in [2.05, 4.69) is 15.2 Å². The zero-order chi connectivity index (χ0) is 21.5. The lowest BCUT2D eigenvalue weighted by Gasteiger charge is -2.31. The molecule has 0 radical (unpaired) electrons. The summed E-state index contributed by atoms with van der Waals surface area (Å²) in [4.78, 5) is 18.3. The van der Waals surface area contributed by atoms with E-state index in [9.17, 15) is 18.0 Å². The Labute approximate surface area is 170 Å². The molecule has 7 nitrogen and oxygen atoms in total. The standard InChI is InChI=1S/C20H22F3N5O2/c1-12-3-9-28(25-12)10-6-16(29)27-7-4-14(5-8-27)18-17-15(20(21,22)23)11-13(2)24-19(17)30-26-18/h3,9,11,14H,4-8,10H2,1-2H3. The first-order valence-corrected chi connectivity index (χ1v) is 9.84. The van der Waals surface area contributed by atoms with Crippen LogP contribution >= 0.6 is 0 Å². The minimum absolute atomic E-state index is 0.0138. The zero-order valence-electron chi connectivity index (χ0n) is 16.7. The Morgan fingerprint density at radius 2 is 1.97 bits per heavy atom. The minimum atomic E-state index is -4.52. The molecule has 0 aliphatic carbocycles. The van der Waals surface area contributed by atoms with Crippen LogP contribution in [0.4, 0.5) is 13.2 Å². The molecule has 1 amide bonds. The van der Waals surface area contributed by atoms with Crippen LogP contribution in [-0.4, -0.2) is 43.8 Å². The number of piperidine rings is 1. The van der Waals surface area contributed by atoms with E-state index in [0.29, 0.717) is 38.9 Å². The van der Waals surface area contributed by atoms with Crippen molar-refractivity contribution >= 4 is 17.0 Å². The van der Waals surface area contributed by atoms with Crippen molar-refractivity contribution < 1.29 is 22.5 Å². The average molecular weight is 421 g/mol. The SMILES string of the molecule is Cc1cc(C(F)(F)F)c2c(C3CCN(C(=O)CCn4ccc(C)n4)CC3)noc2n1. The number of amides is 1. The highest BCUT2D eigenvalue weighted by atomic mass is 19.4. The topological polar surface area (TPSA) is 77.0 Å². The first-order chi connectivity index (χ1) is 14.2. The molecule has 10 heteroatoms. The summed E-state index contributed by atoms with van der Waals surface area (Å²) >= 11 is 0. The molecule has 1 aliphatic heterocycles. The first kappa shape index (κ1) is 20.4. The Morgan fingerprint density at radius 3 is 2.60 bits per heavy atom. The predicted octanol–water partition coefficient (Wildman–Crippen LogP) is 3.85. The lowest BCUT2D eigenvalue weighted by Crippen LogP contribution is -2.38. The quantitative estimate of drug-likeness (QED) is 0.640. The van der Waals surface area contributed by atoms with Gasteiger partial charge in [-0.05, 0) is 38.8 Å². The summed E-state index contributed by atoms with van der Waals surface area (Å²) in [6, 6.07) is 2.91. The highest BCUT2D eigenvalue weighted by Gasteiger charge is 2.37. The van der Waals surface area contributed by atoms with Crippen LogP contribution in [0.5, 0.6) is 0 Å². The van der Waals surface area contributed by atoms with Gasteiger partial charge in [0, 0.05) is 43.9 Å². The fourth-order valence-electron chi connectivity index (χ4n) is 3.96. The van der Waals surface area contributed by atoms with Crippen LogP contribution < -0.4 is 0 Å². The second-order valence-electron chi connectivity index (χ2n) is 7.68. The van der Waals surface area contributed by atoms with Gasteiger partial charge in [0.15, 0.2) is 0 Å². The van der Waals surface area contributed by atoms with Crippen molar-refractivity contribution in [3.05, 3.63) is 41.0 Å². The maximum absolute atomic E-state index is 13.6. The summed E-state index contributed by atoms with van der Waals surface area (Å²) in [6.45, 7) is 4.82. The summed E-state index contributed by atoms with van der Waals surface area (Å²) in [6.07, 6.45) is -1.30. The van der Waals surface area contributed by atoms with Crippen LogP contribution in [0.25, 0.3) is 11.1 Å². The Balaban J connectivity index is 1.45. The molecule has 30 heavy (non-hydrogen) atoms. The van der Waals surface area contributed by atoms with Crippen molar-refractivity contribution in [1.29, 1.82) is 0 Å². The summed E-state index contributed by atoms with van der Waals surface area (Å²) in [5.74, 6) is -0.199. The highest BCUT2D eigenvalue weighted by Crippen LogP contribution is 2.40. The number of aromatic nitrogens is 4. The van der Waals surface area contributed by atoms with Gasteiger partial charge < -0.3 is 9.42 Å². The number of alkyl halides is 3. The van der Waals surface area contributed by atoms with Crippen molar-refractivity contribution in [3.63, 3.8) is 0 Å². The fourth-order valence-corrected chi connectivity index (χ4v) is 3.96. The van der Waals surface area contributed by atoms with E-state index in [1.54, 1.807) is 9.58 Å². The molecule has 0 N–H and O–H groups in total. The number of pyridine rings is 1. The molecule has 1 saturated heterocycles. The molecule has 3 aromatic rings. The van der Waals surface area contributed by atoms with Crippen LogP contribution in [0.15, 0.2) is 22.9 Å². The van der Waals surface area contributed by atoms with E-state index < -0.39 is 11.7 Å². The number of hydrogen-bond acceptors (Lipinski definition) is 5. The van der Waals surface area contributed by atoms with E-state index in [1.807, 2.05) is 19.2 Å². The number of nitrogens with zero attached hydrogens (tertiary/aromatic N) is 5. The maximum atomic E-state index is 13.6. The third-order valence-electron chi connectivity index (χ3n) is 5.47. The Morgan fingerprint density at radius 1 is 1.23 bits per heavy atom. The molecule has 1 aliphatic rings. The van der Waals surface area contributed by atoms with Crippen molar-refractivity contribution in [2.24, 2.45) is 0 Å². The van der Waals surface area contributed by atoms with Crippen molar-refractivity contribution in [2.75, 3.05) is 13.1 Å². The van der Waals surface area contributed by atoms with E-state index in [0.717, 1.165) is 11.8 Å². The lowest BCUT2D eigenvalue weighted by atomic mass is 9.90. The summed E-state index contributed by atoms with van der Waals surface area (Å²) in [7, 11) is 0. The Kier molecular flexibility index (Phi) is 5.25. The normalized spacial score (nSPS) is 15.8. The number of likely N-dealkylation sites (tertiary alicyclic amines) is 1. The molecular formula is C20H22F3N5O2. The monoisotopic (exact) mass is 421 g/mol. The van der Waals surface area contributed by atoms with Crippen molar-refractivity contribution in [3.8, 4) is 0 Å². The van der Waals surface area contributed by atoms with Crippen LogP contribution in [0, 0.1) is 13.8 Å². The van der Waals surface area contributed by atoms with Gasteiger partial charge in [-0.1, -0.05) is 5.16 Å². The number of carbonyl (C=O) groups is 1. The lowest BCUT2D eigenvalue weighted by molar-refractivity contribution is -0.136. The molecule has 0 aromatic carbocycles. The van der Waals surface area contributed by atoms with E-state index >= 15 is 0 Å². The summed E-state index contributed by atoms with van der Waals surface area (Å²) in [5, 5.41) is 8.13. The first-order valence-electron chi connectivity index (χ1n) is 9.84. The largest absolute Gasteiger partial charge is 0.417 e. The number of hydrogen-bond donors (Lipinski definition) is 0. The van der Waals surface area contributed by atoms with Gasteiger partial charge in [0.25, 0.3) is 5.71 Å². The molecule has 0 unspecified atom stereocenters. The van der Waals surface area contributed by atoms with Gasteiger partial charge >= 0.3 is 6.18 Å². The number of fused-ring (bicyclic) bond motifs is 1. The van der Waals surface area contributed by atoms with Crippen LogP contribution in [-0.2, 0) is 17.5 Å². The smallest absolute Gasteiger partial charge is 0.343 e. The number of rotatable bonds is 4. The average Bonchev–Trinajstić information content (AvgIpc) is 3.30. The molecule has 0 atom stereocenters. The third kappa shape index (κ3) is 4.03. The van der Waals surface area contributed by atoms with Gasteiger partial charge in [-0.3, -0.25) is 9.48 Å². The van der Waals surface area contributed by atoms with Crippen molar-refractivity contribution in [1.82, 2.24) is 24.8 Å². The molecule has 0 spiro atoms. The number of aryl methyl sites for hydroxylation is 3. The van der Waals surface area contributed by atoms with Crippen LogP contribution in [0.1, 0.15) is 47.8 Å². The maximum Gasteiger partial charge on any atom is 0.417 e. The van der Waals surface area contributed by atoms with Crippen LogP contribution in [0.3, 0.4) is 0 Å². The molecule has 3 aromatic heterocycles.